The van der Waals surface area contributed by atoms with E-state index in [0.717, 1.165) is 0 Å². The fraction of sp³-hybridized carbons (Fsp3) is 0.300. The van der Waals surface area contributed by atoms with Crippen molar-refractivity contribution in [2.75, 3.05) is 7.05 Å². The predicted molar refractivity (Wildman–Crippen MR) is 75.3 cm³/mol. The zero-order valence-electron chi connectivity index (χ0n) is 10.0. The van der Waals surface area contributed by atoms with Crippen LogP contribution >= 0.6 is 27.3 Å². The van der Waals surface area contributed by atoms with E-state index < -0.39 is 10.0 Å². The highest BCUT2D eigenvalue weighted by Crippen LogP contribution is 2.26. The number of thiazole rings is 1. The summed E-state index contributed by atoms with van der Waals surface area (Å²) in [6.07, 6.45) is 0. The molecule has 0 unspecified atom stereocenters. The normalized spacial score (nSPS) is 11.9. The number of hydrogen-bond donors (Lipinski definition) is 2. The molecule has 19 heavy (non-hydrogen) atoms. The van der Waals surface area contributed by atoms with Gasteiger partial charge in [0, 0.05) is 11.4 Å². The van der Waals surface area contributed by atoms with E-state index in [4.69, 9.17) is 4.42 Å². The van der Waals surface area contributed by atoms with Gasteiger partial charge < -0.3 is 9.73 Å². The molecule has 2 N–H and O–H groups in total. The summed E-state index contributed by atoms with van der Waals surface area (Å²) < 4.78 is 32.2. The van der Waals surface area contributed by atoms with Gasteiger partial charge in [-0.3, -0.25) is 0 Å². The fourth-order valence-electron chi connectivity index (χ4n) is 1.41. The molecule has 0 spiro atoms. The fourth-order valence-corrected chi connectivity index (χ4v) is 3.97. The standard InChI is InChI=1S/C10H12BrN3O3S2/c1-12-4-8-2-9(10(11)17-8)19(15,16)14-3-7-5-18-6-13-7/h2,5-6,12,14H,3-4H2,1H3. The molecule has 0 aliphatic carbocycles. The lowest BCUT2D eigenvalue weighted by molar-refractivity contribution is 0.470. The summed E-state index contributed by atoms with van der Waals surface area (Å²) in [5.41, 5.74) is 2.34. The first kappa shape index (κ1) is 14.7. The largest absolute Gasteiger partial charge is 0.452 e. The number of rotatable bonds is 6. The molecule has 9 heteroatoms. The minimum Gasteiger partial charge on any atom is -0.452 e. The molecular weight excluding hydrogens is 354 g/mol. The van der Waals surface area contributed by atoms with Gasteiger partial charge in [0.2, 0.25) is 10.0 Å². The topological polar surface area (TPSA) is 84.2 Å². The molecule has 0 amide bonds. The van der Waals surface area contributed by atoms with Crippen LogP contribution in [0.4, 0.5) is 0 Å². The van der Waals surface area contributed by atoms with Gasteiger partial charge in [0.15, 0.2) is 4.67 Å². The highest BCUT2D eigenvalue weighted by Gasteiger charge is 2.22. The molecule has 0 aliphatic heterocycles. The summed E-state index contributed by atoms with van der Waals surface area (Å²) in [6, 6.07) is 1.49. The Morgan fingerprint density at radius 3 is 2.89 bits per heavy atom. The van der Waals surface area contributed by atoms with Crippen LogP contribution in [0.3, 0.4) is 0 Å². The van der Waals surface area contributed by atoms with Crippen molar-refractivity contribution in [2.24, 2.45) is 0 Å². The van der Waals surface area contributed by atoms with Gasteiger partial charge in [0.1, 0.15) is 10.7 Å². The van der Waals surface area contributed by atoms with E-state index in [9.17, 15) is 8.42 Å². The summed E-state index contributed by atoms with van der Waals surface area (Å²) in [6.45, 7) is 0.616. The minimum atomic E-state index is -3.62. The predicted octanol–water partition coefficient (Wildman–Crippen LogP) is 1.70. The molecule has 0 aliphatic rings. The van der Waals surface area contributed by atoms with Crippen molar-refractivity contribution in [1.29, 1.82) is 0 Å². The molecule has 2 heterocycles. The second-order valence-corrected chi connectivity index (χ2v) is 6.86. The van der Waals surface area contributed by atoms with E-state index in [-0.39, 0.29) is 16.1 Å². The Morgan fingerprint density at radius 1 is 1.47 bits per heavy atom. The first-order chi connectivity index (χ1) is 9.03. The molecule has 0 saturated carbocycles. The van der Waals surface area contributed by atoms with Gasteiger partial charge in [-0.15, -0.1) is 11.3 Å². The number of nitrogens with zero attached hydrogens (tertiary/aromatic N) is 1. The highest BCUT2D eigenvalue weighted by molar-refractivity contribution is 9.10. The van der Waals surface area contributed by atoms with Gasteiger partial charge in [-0.1, -0.05) is 0 Å². The van der Waals surface area contributed by atoms with Gasteiger partial charge in [0.05, 0.1) is 24.3 Å². The molecule has 6 nitrogen and oxygen atoms in total. The van der Waals surface area contributed by atoms with Crippen molar-refractivity contribution < 1.29 is 12.8 Å². The summed E-state index contributed by atoms with van der Waals surface area (Å²) in [5, 5.41) is 4.68. The molecule has 0 radical (unpaired) electrons. The van der Waals surface area contributed by atoms with Gasteiger partial charge >= 0.3 is 0 Å². The van der Waals surface area contributed by atoms with E-state index >= 15 is 0 Å². The van der Waals surface area contributed by atoms with Crippen LogP contribution in [0, 0.1) is 0 Å². The second-order valence-electron chi connectivity index (χ2n) is 3.69. The van der Waals surface area contributed by atoms with E-state index in [1.807, 2.05) is 0 Å². The SMILES string of the molecule is CNCc1cc(S(=O)(=O)NCc2cscn2)c(Br)o1. The quantitative estimate of drug-likeness (QED) is 0.813. The molecule has 2 rings (SSSR count). The van der Waals surface area contributed by atoms with Gasteiger partial charge in [-0.25, -0.2) is 18.1 Å². The number of aromatic nitrogens is 1. The lowest BCUT2D eigenvalue weighted by atomic mass is 10.4. The Hall–Kier alpha value is -0.740. The second kappa shape index (κ2) is 6.14. The molecule has 0 fully saturated rings. The van der Waals surface area contributed by atoms with Crippen LogP contribution in [-0.2, 0) is 23.1 Å². The molecule has 0 saturated heterocycles. The molecule has 0 atom stereocenters. The summed E-state index contributed by atoms with van der Waals surface area (Å²) in [7, 11) is -1.86. The van der Waals surface area contributed by atoms with Crippen LogP contribution in [0.25, 0.3) is 0 Å². The molecule has 2 aromatic heterocycles. The first-order valence-electron chi connectivity index (χ1n) is 5.32. The molecule has 0 aromatic carbocycles. The van der Waals surface area contributed by atoms with Crippen LogP contribution in [0.1, 0.15) is 11.5 Å². The number of furan rings is 1. The van der Waals surface area contributed by atoms with Crippen LogP contribution < -0.4 is 10.0 Å². The monoisotopic (exact) mass is 365 g/mol. The number of sulfonamides is 1. The van der Waals surface area contributed by atoms with E-state index in [2.05, 4.69) is 31.0 Å². The molecular formula is C10H12BrN3O3S2. The summed E-state index contributed by atoms with van der Waals surface area (Å²) in [4.78, 5) is 4.11. The van der Waals surface area contributed by atoms with Gasteiger partial charge in [0.25, 0.3) is 0 Å². The van der Waals surface area contributed by atoms with Crippen LogP contribution in [0.15, 0.2) is 30.9 Å². The Kier molecular flexibility index (Phi) is 4.74. The van der Waals surface area contributed by atoms with E-state index in [1.54, 1.807) is 17.9 Å². The molecule has 0 bridgehead atoms. The Morgan fingerprint density at radius 2 is 2.26 bits per heavy atom. The number of nitrogens with one attached hydrogen (secondary N) is 2. The lowest BCUT2D eigenvalue weighted by Crippen LogP contribution is -2.23. The maximum atomic E-state index is 12.1. The van der Waals surface area contributed by atoms with Crippen LogP contribution in [0.5, 0.6) is 0 Å². The van der Waals surface area contributed by atoms with Crippen molar-refractivity contribution in [3.63, 3.8) is 0 Å². The van der Waals surface area contributed by atoms with Gasteiger partial charge in [-0.05, 0) is 23.0 Å². The summed E-state index contributed by atoms with van der Waals surface area (Å²) >= 11 is 4.53. The zero-order valence-corrected chi connectivity index (χ0v) is 13.2. The number of halogens is 1. The maximum Gasteiger partial charge on any atom is 0.245 e. The van der Waals surface area contributed by atoms with Crippen LogP contribution in [0.2, 0.25) is 0 Å². The third-order valence-corrected chi connectivity index (χ3v) is 5.17. The minimum absolute atomic E-state index is 0.0907. The van der Waals surface area contributed by atoms with Crippen molar-refractivity contribution in [1.82, 2.24) is 15.0 Å². The lowest BCUT2D eigenvalue weighted by Gasteiger charge is -2.02. The van der Waals surface area contributed by atoms with Crippen molar-refractivity contribution in [2.45, 2.75) is 18.0 Å². The van der Waals surface area contributed by atoms with Crippen molar-refractivity contribution >= 4 is 37.3 Å². The Bertz CT molecular complexity index is 637. The summed E-state index contributed by atoms with van der Waals surface area (Å²) in [5.74, 6) is 0.545. The van der Waals surface area contributed by atoms with Crippen molar-refractivity contribution in [3.8, 4) is 0 Å². The molecule has 104 valence electrons. The Balaban J connectivity index is 2.14. The zero-order chi connectivity index (χ0) is 13.9. The van der Waals surface area contributed by atoms with Crippen molar-refractivity contribution in [3.05, 3.63) is 33.1 Å². The molecule has 2 aromatic rings. The van der Waals surface area contributed by atoms with Crippen LogP contribution in [-0.4, -0.2) is 20.4 Å². The average Bonchev–Trinajstić information content (AvgIpc) is 2.97. The van der Waals surface area contributed by atoms with E-state index in [1.165, 1.54) is 17.4 Å². The smallest absolute Gasteiger partial charge is 0.245 e. The average molecular weight is 366 g/mol. The highest BCUT2D eigenvalue weighted by atomic mass is 79.9. The maximum absolute atomic E-state index is 12.1. The van der Waals surface area contributed by atoms with Gasteiger partial charge in [-0.2, -0.15) is 0 Å². The number of hydrogen-bond acceptors (Lipinski definition) is 6. The third kappa shape index (κ3) is 3.63. The third-order valence-electron chi connectivity index (χ3n) is 2.27. The van der Waals surface area contributed by atoms with E-state index in [0.29, 0.717) is 18.0 Å². The first-order valence-corrected chi connectivity index (χ1v) is 8.54. The Labute approximate surface area is 123 Å².